The summed E-state index contributed by atoms with van der Waals surface area (Å²) in [5.41, 5.74) is -0.772. The van der Waals surface area contributed by atoms with E-state index in [1.54, 1.807) is 16.7 Å². The summed E-state index contributed by atoms with van der Waals surface area (Å²) in [6.07, 6.45) is 5.08. The van der Waals surface area contributed by atoms with Crippen LogP contribution in [0, 0.1) is 5.41 Å². The Bertz CT molecular complexity index is 352. The summed E-state index contributed by atoms with van der Waals surface area (Å²) < 4.78 is 0. The molecule has 0 aromatic heterocycles. The van der Waals surface area contributed by atoms with Gasteiger partial charge in [-0.1, -0.05) is 12.8 Å². The van der Waals surface area contributed by atoms with Gasteiger partial charge in [0, 0.05) is 26.2 Å². The standard InChI is InChI=1S/C13H22N2O3/c1-13(11(16)17)7-8-15(9-13)12(18)14(2)10-5-3-4-6-10/h10H,3-9H2,1-2H3,(H,16,17). The number of carbonyl (C=O) groups is 2. The summed E-state index contributed by atoms with van der Waals surface area (Å²) in [4.78, 5) is 27.0. The van der Waals surface area contributed by atoms with Crippen molar-refractivity contribution in [2.45, 2.75) is 45.1 Å². The van der Waals surface area contributed by atoms with Crippen molar-refractivity contribution in [2.24, 2.45) is 5.41 Å². The molecule has 0 aromatic rings. The molecule has 2 amide bonds. The minimum absolute atomic E-state index is 0.00752. The Morgan fingerprint density at radius 3 is 2.44 bits per heavy atom. The van der Waals surface area contributed by atoms with Crippen molar-refractivity contribution >= 4 is 12.0 Å². The molecule has 1 saturated carbocycles. The largest absolute Gasteiger partial charge is 0.481 e. The highest BCUT2D eigenvalue weighted by molar-refractivity contribution is 5.79. The summed E-state index contributed by atoms with van der Waals surface area (Å²) in [6.45, 7) is 2.61. The van der Waals surface area contributed by atoms with E-state index < -0.39 is 11.4 Å². The van der Waals surface area contributed by atoms with E-state index in [0.717, 1.165) is 12.8 Å². The number of urea groups is 1. The first-order chi connectivity index (χ1) is 8.44. The van der Waals surface area contributed by atoms with Crippen LogP contribution in [-0.4, -0.2) is 53.1 Å². The van der Waals surface area contributed by atoms with Crippen LogP contribution in [0.5, 0.6) is 0 Å². The van der Waals surface area contributed by atoms with Crippen molar-refractivity contribution in [2.75, 3.05) is 20.1 Å². The molecule has 0 spiro atoms. The smallest absolute Gasteiger partial charge is 0.320 e. The van der Waals surface area contributed by atoms with Crippen LogP contribution in [0.2, 0.25) is 0 Å². The number of nitrogens with zero attached hydrogens (tertiary/aromatic N) is 2. The zero-order chi connectivity index (χ0) is 13.3. The Morgan fingerprint density at radius 1 is 1.33 bits per heavy atom. The van der Waals surface area contributed by atoms with E-state index >= 15 is 0 Å². The average molecular weight is 254 g/mol. The van der Waals surface area contributed by atoms with Gasteiger partial charge in [-0.3, -0.25) is 4.79 Å². The van der Waals surface area contributed by atoms with Gasteiger partial charge in [0.1, 0.15) is 0 Å². The fourth-order valence-electron chi connectivity index (χ4n) is 2.97. The Morgan fingerprint density at radius 2 is 1.94 bits per heavy atom. The van der Waals surface area contributed by atoms with Crippen LogP contribution >= 0.6 is 0 Å². The van der Waals surface area contributed by atoms with Crippen LogP contribution < -0.4 is 0 Å². The van der Waals surface area contributed by atoms with Crippen molar-refractivity contribution in [1.29, 1.82) is 0 Å². The molecule has 1 aliphatic heterocycles. The molecule has 18 heavy (non-hydrogen) atoms. The maximum atomic E-state index is 12.3. The lowest BCUT2D eigenvalue weighted by atomic mass is 9.90. The third-order valence-corrected chi connectivity index (χ3v) is 4.43. The van der Waals surface area contributed by atoms with Gasteiger partial charge in [0.15, 0.2) is 0 Å². The second-order valence-corrected chi connectivity index (χ2v) is 5.87. The minimum atomic E-state index is -0.804. The fourth-order valence-corrected chi connectivity index (χ4v) is 2.97. The Balaban J connectivity index is 1.96. The van der Waals surface area contributed by atoms with E-state index in [4.69, 9.17) is 0 Å². The molecule has 0 bridgehead atoms. The van der Waals surface area contributed by atoms with Gasteiger partial charge < -0.3 is 14.9 Å². The van der Waals surface area contributed by atoms with E-state index in [9.17, 15) is 14.7 Å². The van der Waals surface area contributed by atoms with Crippen LogP contribution in [0.1, 0.15) is 39.0 Å². The summed E-state index contributed by atoms with van der Waals surface area (Å²) in [5.74, 6) is -0.804. The van der Waals surface area contributed by atoms with E-state index in [-0.39, 0.29) is 6.03 Å². The number of carboxylic acid groups (broad SMARTS) is 1. The molecule has 1 N–H and O–H groups in total. The zero-order valence-electron chi connectivity index (χ0n) is 11.2. The molecular formula is C13H22N2O3. The van der Waals surface area contributed by atoms with Gasteiger partial charge in [0.2, 0.25) is 0 Å². The van der Waals surface area contributed by atoms with Gasteiger partial charge in [-0.25, -0.2) is 4.79 Å². The highest BCUT2D eigenvalue weighted by atomic mass is 16.4. The maximum absolute atomic E-state index is 12.3. The molecular weight excluding hydrogens is 232 g/mol. The van der Waals surface area contributed by atoms with Crippen LogP contribution in [0.15, 0.2) is 0 Å². The van der Waals surface area contributed by atoms with Crippen LogP contribution in [0.3, 0.4) is 0 Å². The molecule has 0 aromatic carbocycles. The fraction of sp³-hybridized carbons (Fsp3) is 0.846. The summed E-state index contributed by atoms with van der Waals surface area (Å²) in [5, 5.41) is 9.17. The number of aliphatic carboxylic acids is 1. The van der Waals surface area contributed by atoms with E-state index in [2.05, 4.69) is 0 Å². The molecule has 5 heteroatoms. The predicted molar refractivity (Wildman–Crippen MR) is 67.3 cm³/mol. The number of amides is 2. The number of rotatable bonds is 2. The Labute approximate surface area is 108 Å². The highest BCUT2D eigenvalue weighted by Crippen LogP contribution is 2.31. The molecule has 2 rings (SSSR count). The lowest BCUT2D eigenvalue weighted by Gasteiger charge is -2.30. The molecule has 102 valence electrons. The van der Waals surface area contributed by atoms with Gasteiger partial charge in [-0.05, 0) is 26.2 Å². The van der Waals surface area contributed by atoms with Crippen molar-refractivity contribution in [3.63, 3.8) is 0 Å². The molecule has 1 saturated heterocycles. The molecule has 2 fully saturated rings. The van der Waals surface area contributed by atoms with Gasteiger partial charge in [-0.15, -0.1) is 0 Å². The molecule has 0 radical (unpaired) electrons. The molecule has 5 nitrogen and oxygen atoms in total. The summed E-state index contributed by atoms with van der Waals surface area (Å²) in [7, 11) is 1.84. The predicted octanol–water partition coefficient (Wildman–Crippen LogP) is 1.78. The maximum Gasteiger partial charge on any atom is 0.320 e. The zero-order valence-corrected chi connectivity index (χ0v) is 11.2. The first-order valence-corrected chi connectivity index (χ1v) is 6.69. The topological polar surface area (TPSA) is 60.9 Å². The third kappa shape index (κ3) is 2.31. The number of carboxylic acids is 1. The van der Waals surface area contributed by atoms with Crippen molar-refractivity contribution in [1.82, 2.24) is 9.80 Å². The second kappa shape index (κ2) is 4.78. The number of carbonyl (C=O) groups excluding carboxylic acids is 1. The van der Waals surface area contributed by atoms with E-state index in [0.29, 0.717) is 25.6 Å². The summed E-state index contributed by atoms with van der Waals surface area (Å²) in [6, 6.07) is 0.334. The number of hydrogen-bond donors (Lipinski definition) is 1. The van der Waals surface area contributed by atoms with Gasteiger partial charge in [-0.2, -0.15) is 0 Å². The monoisotopic (exact) mass is 254 g/mol. The second-order valence-electron chi connectivity index (χ2n) is 5.87. The third-order valence-electron chi connectivity index (χ3n) is 4.43. The van der Waals surface area contributed by atoms with Crippen molar-refractivity contribution in [3.05, 3.63) is 0 Å². The van der Waals surface area contributed by atoms with Crippen molar-refractivity contribution < 1.29 is 14.7 Å². The highest BCUT2D eigenvalue weighted by Gasteiger charge is 2.43. The van der Waals surface area contributed by atoms with Crippen LogP contribution in [0.4, 0.5) is 4.79 Å². The normalized spacial score (nSPS) is 28.7. The van der Waals surface area contributed by atoms with Gasteiger partial charge in [0.05, 0.1) is 5.41 Å². The average Bonchev–Trinajstić information content (AvgIpc) is 2.96. The number of likely N-dealkylation sites (tertiary alicyclic amines) is 1. The lowest BCUT2D eigenvalue weighted by molar-refractivity contribution is -0.147. The number of hydrogen-bond acceptors (Lipinski definition) is 2. The van der Waals surface area contributed by atoms with Gasteiger partial charge in [0.25, 0.3) is 0 Å². The lowest BCUT2D eigenvalue weighted by Crippen LogP contribution is -2.45. The van der Waals surface area contributed by atoms with Crippen LogP contribution in [-0.2, 0) is 4.79 Å². The molecule has 1 unspecified atom stereocenters. The molecule has 1 heterocycles. The van der Waals surface area contributed by atoms with E-state index in [1.165, 1.54) is 12.8 Å². The Hall–Kier alpha value is -1.26. The van der Waals surface area contributed by atoms with Gasteiger partial charge >= 0.3 is 12.0 Å². The molecule has 2 aliphatic rings. The summed E-state index contributed by atoms with van der Waals surface area (Å²) >= 11 is 0. The first-order valence-electron chi connectivity index (χ1n) is 6.69. The SMILES string of the molecule is CN(C(=O)N1CCC(C)(C(=O)O)C1)C1CCCC1. The van der Waals surface area contributed by atoms with Crippen LogP contribution in [0.25, 0.3) is 0 Å². The quantitative estimate of drug-likeness (QED) is 0.817. The molecule has 1 atom stereocenters. The first kappa shape index (κ1) is 13.2. The van der Waals surface area contributed by atoms with E-state index in [1.807, 2.05) is 7.05 Å². The molecule has 1 aliphatic carbocycles. The Kier molecular flexibility index (Phi) is 3.50. The minimum Gasteiger partial charge on any atom is -0.481 e. The van der Waals surface area contributed by atoms with Crippen molar-refractivity contribution in [3.8, 4) is 0 Å².